The highest BCUT2D eigenvalue weighted by atomic mass is 28.4. The normalized spacial score (nSPS) is 16.3. The Morgan fingerprint density at radius 1 is 0.586 bits per heavy atom. The van der Waals surface area contributed by atoms with Gasteiger partial charge >= 0.3 is 41.7 Å². The van der Waals surface area contributed by atoms with E-state index in [9.17, 15) is 65.9 Å². The first-order valence-corrected chi connectivity index (χ1v) is 9.23. The molecule has 0 saturated carbocycles. The summed E-state index contributed by atoms with van der Waals surface area (Å²) in [5.41, 5.74) is 0. The minimum absolute atomic E-state index is 0.908. The molecule has 0 aromatic heterocycles. The van der Waals surface area contributed by atoms with Crippen molar-refractivity contribution in [3.8, 4) is 0 Å². The molecule has 5 N–H and O–H groups in total. The summed E-state index contributed by atoms with van der Waals surface area (Å²) in [5.74, 6) is -46.4. The van der Waals surface area contributed by atoms with Crippen LogP contribution in [0.4, 0.5) is 65.9 Å². The van der Waals surface area contributed by atoms with Gasteiger partial charge < -0.3 is 15.8 Å². The van der Waals surface area contributed by atoms with Gasteiger partial charge in [0.2, 0.25) is 0 Å². The molecule has 0 aromatic rings. The largest absolute Gasteiger partial charge is 0.460 e. The molecule has 3 nitrogen and oxygen atoms in total. The number of nitrogens with two attached hydrogens (primary N) is 2. The van der Waals surface area contributed by atoms with Gasteiger partial charge in [-0.25, -0.2) is 0 Å². The van der Waals surface area contributed by atoms with Crippen molar-refractivity contribution in [2.45, 2.75) is 54.2 Å². The lowest BCUT2D eigenvalue weighted by molar-refractivity contribution is -0.452. The van der Waals surface area contributed by atoms with Crippen molar-refractivity contribution in [1.29, 1.82) is 0 Å². The van der Waals surface area contributed by atoms with Gasteiger partial charge in [-0.05, 0) is 13.1 Å². The third kappa shape index (κ3) is 4.27. The van der Waals surface area contributed by atoms with E-state index in [2.05, 4.69) is 0 Å². The predicted molar refractivity (Wildman–Crippen MR) is 68.3 cm³/mol. The van der Waals surface area contributed by atoms with Gasteiger partial charge in [0.05, 0.1) is 0 Å². The third-order valence-electron chi connectivity index (χ3n) is 3.71. The summed E-state index contributed by atoms with van der Waals surface area (Å²) in [6, 6.07) is -1.44. The second-order valence-corrected chi connectivity index (χ2v) is 8.95. The molecular weight excluding hydrogens is 475 g/mol. The van der Waals surface area contributed by atoms with Gasteiger partial charge in [-0.15, -0.1) is 0 Å². The molecular formula is C10H12F15N3Si. The summed E-state index contributed by atoms with van der Waals surface area (Å²) < 4.78 is 194. The van der Waals surface area contributed by atoms with Crippen molar-refractivity contribution < 1.29 is 65.9 Å². The Bertz CT molecular complexity index is 585. The Kier molecular flexibility index (Phi) is 7.09. The summed E-state index contributed by atoms with van der Waals surface area (Å²) in [7, 11) is -3.07. The summed E-state index contributed by atoms with van der Waals surface area (Å²) in [6.45, 7) is 0. The molecule has 0 heterocycles. The monoisotopic (exact) mass is 487 g/mol. The lowest BCUT2D eigenvalue weighted by atomic mass is 9.90. The molecule has 0 aliphatic rings. The fraction of sp³-hybridized carbons (Fsp3) is 1.00. The molecule has 0 bridgehead atoms. The zero-order valence-corrected chi connectivity index (χ0v) is 14.7. The molecule has 0 aromatic carbocycles. The highest BCUT2D eigenvalue weighted by molar-refractivity contribution is 6.71. The van der Waals surface area contributed by atoms with Crippen molar-refractivity contribution in [2.75, 3.05) is 7.05 Å². The van der Waals surface area contributed by atoms with Crippen LogP contribution in [0.5, 0.6) is 0 Å². The number of hydrogen-bond donors (Lipinski definition) is 3. The smallest absolute Gasteiger partial charge is 0.327 e. The predicted octanol–water partition coefficient (Wildman–Crippen LogP) is 3.83. The Labute approximate surface area is 152 Å². The molecule has 0 spiro atoms. The maximum Gasteiger partial charge on any atom is 0.460 e. The first kappa shape index (κ1) is 28.0. The van der Waals surface area contributed by atoms with Crippen LogP contribution in [0.2, 0.25) is 6.04 Å². The van der Waals surface area contributed by atoms with Crippen molar-refractivity contribution in [1.82, 2.24) is 4.98 Å². The van der Waals surface area contributed by atoms with Crippen LogP contribution in [0, 0.1) is 0 Å². The van der Waals surface area contributed by atoms with E-state index < -0.39 is 62.7 Å². The first-order valence-electron chi connectivity index (χ1n) is 6.87. The Morgan fingerprint density at radius 3 is 1.21 bits per heavy atom. The number of hydrogen-bond acceptors (Lipinski definition) is 3. The van der Waals surface area contributed by atoms with Gasteiger partial charge in [0.15, 0.2) is 0 Å². The second-order valence-electron chi connectivity index (χ2n) is 5.86. The van der Waals surface area contributed by atoms with E-state index >= 15 is 0 Å². The SMILES string of the molecule is CN[Si](N)(N)CCC(F)(F)C(F)(F)C(F)(F)C(F)(F)C(F)(F)C(F)(F)C(F)(F)F. The maximum absolute atomic E-state index is 13.5. The highest BCUT2D eigenvalue weighted by Gasteiger charge is 2.93. The van der Waals surface area contributed by atoms with Gasteiger partial charge in [0.1, 0.15) is 0 Å². The lowest BCUT2D eigenvalue weighted by Crippen LogP contribution is -2.73. The number of halogens is 15. The molecule has 0 fully saturated rings. The fourth-order valence-corrected chi connectivity index (χ4v) is 2.62. The van der Waals surface area contributed by atoms with Gasteiger partial charge in [-0.1, -0.05) is 0 Å². The summed E-state index contributed by atoms with van der Waals surface area (Å²) in [5, 5.41) is 10.2. The number of alkyl halides is 15. The van der Waals surface area contributed by atoms with Crippen LogP contribution in [0.3, 0.4) is 0 Å². The molecule has 0 aliphatic heterocycles. The van der Waals surface area contributed by atoms with Gasteiger partial charge in [-0.3, -0.25) is 0 Å². The molecule has 0 aliphatic carbocycles. The quantitative estimate of drug-likeness (QED) is 0.343. The zero-order valence-electron chi connectivity index (χ0n) is 13.7. The Morgan fingerprint density at radius 2 is 0.897 bits per heavy atom. The van der Waals surface area contributed by atoms with Crippen LogP contribution in [0.15, 0.2) is 0 Å². The molecule has 176 valence electrons. The topological polar surface area (TPSA) is 64.1 Å². The standard InChI is InChI=1S/C10H12F15N3Si/c1-28-29(26,27)3-2-4(11,12)5(13,14)6(15,16)7(17,18)8(19,20)9(21,22)10(23,24)25/h28H,2-3,26-27H2,1H3. The molecule has 29 heavy (non-hydrogen) atoms. The highest BCUT2D eigenvalue weighted by Crippen LogP contribution is 2.62. The molecule has 19 heteroatoms. The molecule has 0 rings (SSSR count). The average Bonchev–Trinajstić information content (AvgIpc) is 2.51. The van der Waals surface area contributed by atoms with E-state index in [4.69, 9.17) is 10.8 Å². The van der Waals surface area contributed by atoms with Crippen molar-refractivity contribution >= 4 is 8.56 Å². The average molecular weight is 487 g/mol. The van der Waals surface area contributed by atoms with Crippen molar-refractivity contribution in [3.63, 3.8) is 0 Å². The third-order valence-corrected chi connectivity index (χ3v) is 5.72. The van der Waals surface area contributed by atoms with Crippen LogP contribution in [-0.2, 0) is 0 Å². The van der Waals surface area contributed by atoms with E-state index in [1.807, 2.05) is 4.98 Å². The molecule has 0 radical (unpaired) electrons. The van der Waals surface area contributed by atoms with E-state index in [0.717, 1.165) is 7.05 Å². The number of nitrogens with one attached hydrogen (secondary N) is 1. The summed E-state index contributed by atoms with van der Waals surface area (Å²) in [4.78, 5) is 1.93. The van der Waals surface area contributed by atoms with Crippen LogP contribution >= 0.6 is 0 Å². The first-order chi connectivity index (χ1) is 12.3. The van der Waals surface area contributed by atoms with E-state index in [0.29, 0.717) is 0 Å². The van der Waals surface area contributed by atoms with Crippen molar-refractivity contribution in [2.24, 2.45) is 10.8 Å². The second kappa shape index (κ2) is 7.33. The summed E-state index contributed by atoms with van der Waals surface area (Å²) >= 11 is 0. The number of rotatable bonds is 9. The molecule has 0 atom stereocenters. The van der Waals surface area contributed by atoms with Crippen LogP contribution in [-0.4, -0.2) is 57.3 Å². The zero-order chi connectivity index (χ0) is 24.1. The van der Waals surface area contributed by atoms with Crippen molar-refractivity contribution in [3.05, 3.63) is 0 Å². The van der Waals surface area contributed by atoms with Crippen LogP contribution < -0.4 is 15.8 Å². The van der Waals surface area contributed by atoms with E-state index in [-0.39, 0.29) is 0 Å². The molecule has 0 unspecified atom stereocenters. The summed E-state index contributed by atoms with van der Waals surface area (Å²) in [6.07, 6.45) is -10.1. The minimum Gasteiger partial charge on any atom is -0.327 e. The van der Waals surface area contributed by atoms with E-state index in [1.54, 1.807) is 0 Å². The van der Waals surface area contributed by atoms with E-state index in [1.165, 1.54) is 0 Å². The van der Waals surface area contributed by atoms with Gasteiger partial charge in [0, 0.05) is 6.42 Å². The lowest BCUT2D eigenvalue weighted by Gasteiger charge is -2.41. The Balaban J connectivity index is 6.29. The van der Waals surface area contributed by atoms with Crippen LogP contribution in [0.25, 0.3) is 0 Å². The van der Waals surface area contributed by atoms with Gasteiger partial charge in [-0.2, -0.15) is 65.9 Å². The molecule has 0 saturated heterocycles. The Hall–Kier alpha value is -0.953. The van der Waals surface area contributed by atoms with Crippen LogP contribution in [0.1, 0.15) is 6.42 Å². The maximum atomic E-state index is 13.5. The molecule has 0 amide bonds. The fourth-order valence-electron chi connectivity index (χ4n) is 1.65. The van der Waals surface area contributed by atoms with Gasteiger partial charge in [0.25, 0.3) is 8.56 Å². The minimum atomic E-state index is -8.28.